The van der Waals surface area contributed by atoms with E-state index in [1.54, 1.807) is 0 Å². The first-order valence-electron chi connectivity index (χ1n) is 6.76. The third-order valence-electron chi connectivity index (χ3n) is 3.43. The standard InChI is InChI=1S/C13H27NO2/c1-4-11(5-2)9-12(14-6-3)10-13-15-7-8-16-13/h11-14H,4-10H2,1-3H3. The molecular weight excluding hydrogens is 202 g/mol. The van der Waals surface area contributed by atoms with Crippen LogP contribution in [-0.2, 0) is 9.47 Å². The van der Waals surface area contributed by atoms with E-state index in [4.69, 9.17) is 9.47 Å². The lowest BCUT2D eigenvalue weighted by atomic mass is 9.93. The highest BCUT2D eigenvalue weighted by Gasteiger charge is 2.22. The minimum absolute atomic E-state index is 0.0263. The van der Waals surface area contributed by atoms with Gasteiger partial charge in [-0.2, -0.15) is 0 Å². The van der Waals surface area contributed by atoms with Crippen molar-refractivity contribution in [3.63, 3.8) is 0 Å². The molecule has 3 heteroatoms. The molecule has 1 unspecified atom stereocenters. The molecule has 1 rings (SSSR count). The van der Waals surface area contributed by atoms with Crippen molar-refractivity contribution in [1.82, 2.24) is 5.32 Å². The summed E-state index contributed by atoms with van der Waals surface area (Å²) in [6.07, 6.45) is 4.79. The Kier molecular flexibility index (Phi) is 7.01. The Balaban J connectivity index is 2.32. The summed E-state index contributed by atoms with van der Waals surface area (Å²) in [6, 6.07) is 0.540. The Morgan fingerprint density at radius 1 is 1.12 bits per heavy atom. The van der Waals surface area contributed by atoms with Crippen LogP contribution in [0.5, 0.6) is 0 Å². The third-order valence-corrected chi connectivity index (χ3v) is 3.43. The van der Waals surface area contributed by atoms with E-state index in [-0.39, 0.29) is 6.29 Å². The summed E-state index contributed by atoms with van der Waals surface area (Å²) in [6.45, 7) is 9.26. The molecule has 0 aliphatic carbocycles. The molecule has 1 fully saturated rings. The second-order valence-corrected chi connectivity index (χ2v) is 4.58. The van der Waals surface area contributed by atoms with Crippen molar-refractivity contribution in [1.29, 1.82) is 0 Å². The average Bonchev–Trinajstić information content (AvgIpc) is 2.78. The molecule has 0 bridgehead atoms. The summed E-state index contributed by atoms with van der Waals surface area (Å²) >= 11 is 0. The molecular formula is C13H27NO2. The highest BCUT2D eigenvalue weighted by molar-refractivity contribution is 4.73. The van der Waals surface area contributed by atoms with E-state index in [2.05, 4.69) is 26.1 Å². The van der Waals surface area contributed by atoms with E-state index in [9.17, 15) is 0 Å². The summed E-state index contributed by atoms with van der Waals surface area (Å²) in [4.78, 5) is 0. The molecule has 0 radical (unpaired) electrons. The molecule has 1 aliphatic heterocycles. The molecule has 0 aromatic carbocycles. The summed E-state index contributed by atoms with van der Waals surface area (Å²) in [7, 11) is 0. The molecule has 3 nitrogen and oxygen atoms in total. The lowest BCUT2D eigenvalue weighted by molar-refractivity contribution is -0.0539. The number of hydrogen-bond donors (Lipinski definition) is 1. The van der Waals surface area contributed by atoms with Crippen LogP contribution < -0.4 is 5.32 Å². The van der Waals surface area contributed by atoms with Gasteiger partial charge in [0.1, 0.15) is 0 Å². The van der Waals surface area contributed by atoms with Crippen molar-refractivity contribution in [2.45, 2.75) is 58.8 Å². The average molecular weight is 229 g/mol. The van der Waals surface area contributed by atoms with Crippen LogP contribution in [0.1, 0.15) is 46.5 Å². The first-order chi connectivity index (χ1) is 7.80. The highest BCUT2D eigenvalue weighted by Crippen LogP contribution is 2.20. The largest absolute Gasteiger partial charge is 0.350 e. The lowest BCUT2D eigenvalue weighted by Crippen LogP contribution is -2.34. The summed E-state index contributed by atoms with van der Waals surface area (Å²) in [5.74, 6) is 0.824. The zero-order chi connectivity index (χ0) is 11.8. The fourth-order valence-electron chi connectivity index (χ4n) is 2.35. The fraction of sp³-hybridized carbons (Fsp3) is 1.00. The van der Waals surface area contributed by atoms with E-state index < -0.39 is 0 Å². The zero-order valence-electron chi connectivity index (χ0n) is 11.0. The molecule has 1 saturated heterocycles. The topological polar surface area (TPSA) is 30.5 Å². The van der Waals surface area contributed by atoms with Gasteiger partial charge in [0.25, 0.3) is 0 Å². The maximum absolute atomic E-state index is 5.52. The molecule has 96 valence electrons. The smallest absolute Gasteiger partial charge is 0.159 e. The van der Waals surface area contributed by atoms with Crippen molar-refractivity contribution in [3.05, 3.63) is 0 Å². The summed E-state index contributed by atoms with van der Waals surface area (Å²) < 4.78 is 11.0. The van der Waals surface area contributed by atoms with Gasteiger partial charge in [0.05, 0.1) is 13.2 Å². The van der Waals surface area contributed by atoms with Crippen molar-refractivity contribution in [2.75, 3.05) is 19.8 Å². The normalized spacial score (nSPS) is 19.5. The van der Waals surface area contributed by atoms with Crippen LogP contribution in [0.2, 0.25) is 0 Å². The summed E-state index contributed by atoms with van der Waals surface area (Å²) in [5, 5.41) is 3.55. The molecule has 16 heavy (non-hydrogen) atoms. The van der Waals surface area contributed by atoms with Crippen LogP contribution in [0.25, 0.3) is 0 Å². The first-order valence-corrected chi connectivity index (χ1v) is 6.76. The van der Waals surface area contributed by atoms with Gasteiger partial charge in [0.2, 0.25) is 0 Å². The number of hydrogen-bond acceptors (Lipinski definition) is 3. The van der Waals surface area contributed by atoms with Crippen molar-refractivity contribution in [2.24, 2.45) is 5.92 Å². The van der Waals surface area contributed by atoms with Gasteiger partial charge in [-0.1, -0.05) is 33.6 Å². The van der Waals surface area contributed by atoms with Crippen LogP contribution in [0.15, 0.2) is 0 Å². The maximum atomic E-state index is 5.52. The van der Waals surface area contributed by atoms with Gasteiger partial charge >= 0.3 is 0 Å². The molecule has 1 heterocycles. The molecule has 0 amide bonds. The minimum Gasteiger partial charge on any atom is -0.350 e. The molecule has 0 saturated carbocycles. The first kappa shape index (κ1) is 13.9. The van der Waals surface area contributed by atoms with Gasteiger partial charge in [-0.05, 0) is 18.9 Å². The Morgan fingerprint density at radius 3 is 2.25 bits per heavy atom. The van der Waals surface area contributed by atoms with Gasteiger partial charge < -0.3 is 14.8 Å². The predicted molar refractivity (Wildman–Crippen MR) is 66.5 cm³/mol. The van der Waals surface area contributed by atoms with Crippen LogP contribution in [0.4, 0.5) is 0 Å². The second kappa shape index (κ2) is 8.04. The van der Waals surface area contributed by atoms with Gasteiger partial charge in [0.15, 0.2) is 6.29 Å². The highest BCUT2D eigenvalue weighted by atomic mass is 16.7. The van der Waals surface area contributed by atoms with Crippen LogP contribution in [0, 0.1) is 5.92 Å². The van der Waals surface area contributed by atoms with E-state index in [1.165, 1.54) is 19.3 Å². The molecule has 1 N–H and O–H groups in total. The fourth-order valence-corrected chi connectivity index (χ4v) is 2.35. The van der Waals surface area contributed by atoms with E-state index >= 15 is 0 Å². The van der Waals surface area contributed by atoms with Crippen molar-refractivity contribution < 1.29 is 9.47 Å². The summed E-state index contributed by atoms with van der Waals surface area (Å²) in [5.41, 5.74) is 0. The SMILES string of the molecule is CCNC(CC(CC)CC)CC1OCCO1. The van der Waals surface area contributed by atoms with Gasteiger partial charge in [-0.15, -0.1) is 0 Å². The monoisotopic (exact) mass is 229 g/mol. The maximum Gasteiger partial charge on any atom is 0.159 e. The molecule has 0 aromatic heterocycles. The molecule has 1 aliphatic rings. The Labute approximate surface area is 99.9 Å². The lowest BCUT2D eigenvalue weighted by Gasteiger charge is -2.24. The van der Waals surface area contributed by atoms with Gasteiger partial charge in [-0.25, -0.2) is 0 Å². The molecule has 0 aromatic rings. The van der Waals surface area contributed by atoms with Crippen LogP contribution in [0.3, 0.4) is 0 Å². The molecule has 1 atom stereocenters. The van der Waals surface area contributed by atoms with Crippen molar-refractivity contribution in [3.8, 4) is 0 Å². The zero-order valence-corrected chi connectivity index (χ0v) is 11.0. The Bertz CT molecular complexity index is 161. The number of ether oxygens (including phenoxy) is 2. The minimum atomic E-state index is 0.0263. The van der Waals surface area contributed by atoms with E-state index in [1.807, 2.05) is 0 Å². The van der Waals surface area contributed by atoms with Crippen LogP contribution in [-0.4, -0.2) is 32.1 Å². The van der Waals surface area contributed by atoms with Gasteiger partial charge in [0, 0.05) is 12.5 Å². The second-order valence-electron chi connectivity index (χ2n) is 4.58. The Hall–Kier alpha value is -0.120. The number of rotatable bonds is 8. The van der Waals surface area contributed by atoms with E-state index in [0.29, 0.717) is 6.04 Å². The molecule has 0 spiro atoms. The quantitative estimate of drug-likeness (QED) is 0.694. The number of nitrogens with one attached hydrogen (secondary N) is 1. The van der Waals surface area contributed by atoms with E-state index in [0.717, 1.165) is 32.1 Å². The predicted octanol–water partition coefficient (Wildman–Crippen LogP) is 2.55. The van der Waals surface area contributed by atoms with Gasteiger partial charge in [-0.3, -0.25) is 0 Å². The third kappa shape index (κ3) is 4.81. The van der Waals surface area contributed by atoms with Crippen molar-refractivity contribution >= 4 is 0 Å². The Morgan fingerprint density at radius 2 is 1.75 bits per heavy atom. The van der Waals surface area contributed by atoms with Crippen LogP contribution >= 0.6 is 0 Å².